The van der Waals surface area contributed by atoms with E-state index in [4.69, 9.17) is 21.7 Å². The van der Waals surface area contributed by atoms with E-state index in [-0.39, 0.29) is 0 Å². The van der Waals surface area contributed by atoms with E-state index in [1.165, 1.54) is 0 Å². The van der Waals surface area contributed by atoms with Gasteiger partial charge in [-0.05, 0) is 29.8 Å². The van der Waals surface area contributed by atoms with Crippen LogP contribution in [0.2, 0.25) is 5.02 Å². The van der Waals surface area contributed by atoms with Gasteiger partial charge < -0.3 is 20.8 Å². The summed E-state index contributed by atoms with van der Waals surface area (Å²) in [6.45, 7) is 1.19. The van der Waals surface area contributed by atoms with Gasteiger partial charge in [-0.1, -0.05) is 41.7 Å². The molecule has 1 aliphatic rings. The second-order valence-electron chi connectivity index (χ2n) is 5.38. The molecule has 1 aromatic carbocycles. The fraction of sp³-hybridized carbons (Fsp3) is 0.250. The number of halogens is 1. The minimum atomic E-state index is 0.480. The Balaban J connectivity index is 1.98. The van der Waals surface area contributed by atoms with Crippen LogP contribution in [0.4, 0.5) is 0 Å². The van der Waals surface area contributed by atoms with Crippen molar-refractivity contribution in [1.82, 2.24) is 10.6 Å². The number of nitrogens with one attached hydrogen (secondary N) is 3. The van der Waals surface area contributed by atoms with E-state index >= 15 is 0 Å². The van der Waals surface area contributed by atoms with E-state index in [0.29, 0.717) is 30.3 Å². The number of hydrogen-bond acceptors (Lipinski definition) is 4. The average molecular weight is 356 g/mol. The third-order valence-electron chi connectivity index (χ3n) is 3.59. The number of methoxy groups -OCH3 is 1. The number of rotatable bonds is 6. The Bertz CT molecular complexity index is 782. The minimum absolute atomic E-state index is 0.480. The lowest BCUT2D eigenvalue weighted by molar-refractivity contribution is 0.184. The van der Waals surface area contributed by atoms with E-state index in [0.717, 1.165) is 22.5 Å². The summed E-state index contributed by atoms with van der Waals surface area (Å²) in [7, 11) is 3.50. The van der Waals surface area contributed by atoms with Crippen molar-refractivity contribution in [3.63, 3.8) is 0 Å². The molecule has 1 aromatic rings. The van der Waals surface area contributed by atoms with E-state index in [9.17, 15) is 0 Å². The molecule has 0 aliphatic heterocycles. The zero-order chi connectivity index (χ0) is 18.1. The van der Waals surface area contributed by atoms with Crippen molar-refractivity contribution in [2.75, 3.05) is 20.7 Å². The van der Waals surface area contributed by atoms with Gasteiger partial charge in [0.05, 0.1) is 12.3 Å². The lowest BCUT2D eigenvalue weighted by Gasteiger charge is -2.14. The number of ether oxygens (including phenoxy) is 1. The van der Waals surface area contributed by atoms with Gasteiger partial charge in [-0.2, -0.15) is 0 Å². The van der Waals surface area contributed by atoms with Crippen LogP contribution in [0.15, 0.2) is 53.9 Å². The molecule has 5 heteroatoms. The van der Waals surface area contributed by atoms with Crippen LogP contribution < -0.4 is 10.6 Å². The molecule has 130 valence electrons. The Morgan fingerprint density at radius 1 is 1.28 bits per heavy atom. The Hall–Kier alpha value is -2.48. The highest BCUT2D eigenvalue weighted by Gasteiger charge is 2.08. The first-order chi connectivity index (χ1) is 12.2. The lowest BCUT2D eigenvalue weighted by Crippen LogP contribution is -2.27. The Kier molecular flexibility index (Phi) is 7.34. The lowest BCUT2D eigenvalue weighted by atomic mass is 10.1. The summed E-state index contributed by atoms with van der Waals surface area (Å²) in [6.07, 6.45) is 8.13. The molecule has 0 amide bonds. The second kappa shape index (κ2) is 9.73. The Morgan fingerprint density at radius 3 is 2.80 bits per heavy atom. The van der Waals surface area contributed by atoms with Crippen molar-refractivity contribution in [2.24, 2.45) is 0 Å². The van der Waals surface area contributed by atoms with Crippen molar-refractivity contribution in [2.45, 2.75) is 13.0 Å². The topological polar surface area (TPSA) is 57.1 Å². The van der Waals surface area contributed by atoms with Gasteiger partial charge in [-0.25, -0.2) is 0 Å². The highest BCUT2D eigenvalue weighted by Crippen LogP contribution is 2.16. The summed E-state index contributed by atoms with van der Waals surface area (Å²) in [4.78, 5) is 0. The molecule has 0 spiro atoms. The standard InChI is InChI=1S/C20H22ClN3O/c1-23-20(18-8-3-4-9-19(18)22)24-12-6-5-7-15-13-17(21)11-10-16(15)14-25-2/h3-4,8-11,13,22-24H,6,12,14H2,1-2H3/b20-18+,22-19?. The van der Waals surface area contributed by atoms with Crippen molar-refractivity contribution >= 4 is 17.3 Å². The average Bonchev–Trinajstić information content (AvgIpc) is 2.61. The van der Waals surface area contributed by atoms with Crippen LogP contribution in [-0.2, 0) is 11.3 Å². The van der Waals surface area contributed by atoms with Gasteiger partial charge in [-0.15, -0.1) is 0 Å². The fourth-order valence-electron chi connectivity index (χ4n) is 2.37. The number of allylic oxidation sites excluding steroid dienone is 5. The van der Waals surface area contributed by atoms with Crippen LogP contribution >= 0.6 is 11.6 Å². The number of benzene rings is 1. The summed E-state index contributed by atoms with van der Waals surface area (Å²) in [5.41, 5.74) is 3.24. The molecule has 0 atom stereocenters. The quantitative estimate of drug-likeness (QED) is 0.541. The van der Waals surface area contributed by atoms with Gasteiger partial charge in [0.15, 0.2) is 0 Å². The molecule has 0 saturated carbocycles. The van der Waals surface area contributed by atoms with Crippen molar-refractivity contribution in [3.8, 4) is 11.8 Å². The normalized spacial score (nSPS) is 14.8. The van der Waals surface area contributed by atoms with Gasteiger partial charge in [-0.3, -0.25) is 0 Å². The molecule has 1 aliphatic carbocycles. The summed E-state index contributed by atoms with van der Waals surface area (Å²) in [6, 6.07) is 5.64. The van der Waals surface area contributed by atoms with Gasteiger partial charge in [0.1, 0.15) is 5.82 Å². The molecular weight excluding hydrogens is 334 g/mol. The molecule has 4 nitrogen and oxygen atoms in total. The van der Waals surface area contributed by atoms with Crippen LogP contribution in [0.1, 0.15) is 17.5 Å². The first kappa shape index (κ1) is 18.9. The van der Waals surface area contributed by atoms with Gasteiger partial charge in [0.2, 0.25) is 0 Å². The summed E-state index contributed by atoms with van der Waals surface area (Å²) in [5.74, 6) is 7.15. The van der Waals surface area contributed by atoms with Gasteiger partial charge in [0, 0.05) is 43.3 Å². The van der Waals surface area contributed by atoms with Crippen LogP contribution in [-0.4, -0.2) is 26.4 Å². The molecule has 0 bridgehead atoms. The van der Waals surface area contributed by atoms with E-state index in [2.05, 4.69) is 22.5 Å². The molecule has 3 N–H and O–H groups in total. The highest BCUT2D eigenvalue weighted by atomic mass is 35.5. The molecule has 0 fully saturated rings. The SMILES string of the molecule is CN/C(NCCC#Cc1cc(Cl)ccc1COC)=C1/C=CC=CC1=N. The van der Waals surface area contributed by atoms with E-state index in [1.54, 1.807) is 13.2 Å². The second-order valence-corrected chi connectivity index (χ2v) is 5.82. The maximum absolute atomic E-state index is 7.96. The van der Waals surface area contributed by atoms with E-state index < -0.39 is 0 Å². The molecule has 25 heavy (non-hydrogen) atoms. The van der Waals surface area contributed by atoms with Gasteiger partial charge >= 0.3 is 0 Å². The van der Waals surface area contributed by atoms with Crippen molar-refractivity contribution in [1.29, 1.82) is 5.41 Å². The molecule has 0 saturated heterocycles. The summed E-state index contributed by atoms with van der Waals surface area (Å²) < 4.78 is 5.19. The van der Waals surface area contributed by atoms with Gasteiger partial charge in [0.25, 0.3) is 0 Å². The maximum Gasteiger partial charge on any atom is 0.108 e. The molecular formula is C20H22ClN3O. The zero-order valence-corrected chi connectivity index (χ0v) is 15.2. The third kappa shape index (κ3) is 5.53. The summed E-state index contributed by atoms with van der Waals surface area (Å²) in [5, 5.41) is 15.0. The van der Waals surface area contributed by atoms with Crippen molar-refractivity contribution in [3.05, 3.63) is 70.0 Å². The predicted molar refractivity (Wildman–Crippen MR) is 104 cm³/mol. The van der Waals surface area contributed by atoms with Crippen LogP contribution in [0.3, 0.4) is 0 Å². The third-order valence-corrected chi connectivity index (χ3v) is 3.83. The van der Waals surface area contributed by atoms with Crippen molar-refractivity contribution < 1.29 is 4.74 Å². The minimum Gasteiger partial charge on any atom is -0.380 e. The molecule has 0 aromatic heterocycles. The summed E-state index contributed by atoms with van der Waals surface area (Å²) >= 11 is 6.05. The number of hydrogen-bond donors (Lipinski definition) is 3. The monoisotopic (exact) mass is 355 g/mol. The largest absolute Gasteiger partial charge is 0.380 e. The molecule has 2 rings (SSSR count). The molecule has 0 radical (unpaired) electrons. The van der Waals surface area contributed by atoms with Crippen LogP contribution in [0.5, 0.6) is 0 Å². The smallest absolute Gasteiger partial charge is 0.108 e. The van der Waals surface area contributed by atoms with E-state index in [1.807, 2.05) is 43.5 Å². The first-order valence-corrected chi connectivity index (χ1v) is 8.39. The Morgan fingerprint density at radius 2 is 2.08 bits per heavy atom. The Labute approximate surface area is 154 Å². The fourth-order valence-corrected chi connectivity index (χ4v) is 2.55. The van der Waals surface area contributed by atoms with Crippen LogP contribution in [0, 0.1) is 17.3 Å². The zero-order valence-electron chi connectivity index (χ0n) is 14.4. The molecule has 0 heterocycles. The van der Waals surface area contributed by atoms with Crippen LogP contribution in [0.25, 0.3) is 0 Å². The highest BCUT2D eigenvalue weighted by molar-refractivity contribution is 6.30. The maximum atomic E-state index is 7.96. The first-order valence-electron chi connectivity index (χ1n) is 8.01. The molecule has 0 unspecified atom stereocenters. The predicted octanol–water partition coefficient (Wildman–Crippen LogP) is 3.39.